The normalized spacial score (nSPS) is 18.6. The standard InChI is InChI=1S/C25H30N4O3/c30-23(19-9-10-19)27-20-11-13-21(14-12-20)28-25(32)24(31)26-16-22-8-4-5-15-29(22)17-18-6-2-1-3-7-18/h1-3,6-7,11-14,19,22H,4-5,8-10,15-17H2,(H,26,31)(H,27,30)(H,28,32). The predicted molar refractivity (Wildman–Crippen MR) is 124 cm³/mol. The maximum atomic E-state index is 12.4. The van der Waals surface area contributed by atoms with Crippen molar-refractivity contribution < 1.29 is 14.4 Å². The molecule has 1 atom stereocenters. The molecule has 1 aliphatic heterocycles. The van der Waals surface area contributed by atoms with Gasteiger partial charge in [-0.2, -0.15) is 0 Å². The summed E-state index contributed by atoms with van der Waals surface area (Å²) in [4.78, 5) is 38.9. The number of nitrogens with one attached hydrogen (secondary N) is 3. The minimum atomic E-state index is -0.690. The molecule has 1 aliphatic carbocycles. The molecule has 3 amide bonds. The lowest BCUT2D eigenvalue weighted by atomic mass is 10.0. The van der Waals surface area contributed by atoms with Crippen LogP contribution in [0.25, 0.3) is 0 Å². The van der Waals surface area contributed by atoms with Gasteiger partial charge >= 0.3 is 11.8 Å². The van der Waals surface area contributed by atoms with E-state index in [1.165, 1.54) is 5.56 Å². The molecular formula is C25H30N4O3. The third-order valence-electron chi connectivity index (χ3n) is 6.04. The summed E-state index contributed by atoms with van der Waals surface area (Å²) in [6, 6.07) is 17.3. The van der Waals surface area contributed by atoms with E-state index in [4.69, 9.17) is 0 Å². The summed E-state index contributed by atoms with van der Waals surface area (Å²) < 4.78 is 0. The third-order valence-corrected chi connectivity index (χ3v) is 6.04. The quantitative estimate of drug-likeness (QED) is 0.584. The van der Waals surface area contributed by atoms with Gasteiger partial charge in [-0.05, 0) is 62.1 Å². The monoisotopic (exact) mass is 434 g/mol. The lowest BCUT2D eigenvalue weighted by Crippen LogP contribution is -2.48. The lowest BCUT2D eigenvalue weighted by molar-refractivity contribution is -0.136. The molecule has 168 valence electrons. The van der Waals surface area contributed by atoms with Crippen LogP contribution in [0.1, 0.15) is 37.7 Å². The Kier molecular flexibility index (Phi) is 7.17. The molecule has 2 fully saturated rings. The Morgan fingerprint density at radius 3 is 2.19 bits per heavy atom. The van der Waals surface area contributed by atoms with Crippen molar-refractivity contribution in [1.82, 2.24) is 10.2 Å². The second kappa shape index (κ2) is 10.4. The van der Waals surface area contributed by atoms with Gasteiger partial charge in [-0.1, -0.05) is 36.8 Å². The Morgan fingerprint density at radius 2 is 1.50 bits per heavy atom. The molecule has 0 bridgehead atoms. The van der Waals surface area contributed by atoms with Gasteiger partial charge in [0.05, 0.1) is 0 Å². The minimum absolute atomic E-state index is 0.0326. The van der Waals surface area contributed by atoms with Crippen molar-refractivity contribution in [3.63, 3.8) is 0 Å². The summed E-state index contributed by atoms with van der Waals surface area (Å²) in [5.41, 5.74) is 2.44. The van der Waals surface area contributed by atoms with Crippen molar-refractivity contribution >= 4 is 29.1 Å². The largest absolute Gasteiger partial charge is 0.346 e. The number of hydrogen-bond donors (Lipinski definition) is 3. The van der Waals surface area contributed by atoms with Gasteiger partial charge in [0, 0.05) is 36.4 Å². The molecule has 3 N–H and O–H groups in total. The van der Waals surface area contributed by atoms with E-state index in [0.29, 0.717) is 17.9 Å². The van der Waals surface area contributed by atoms with Gasteiger partial charge in [-0.25, -0.2) is 0 Å². The molecule has 4 rings (SSSR count). The van der Waals surface area contributed by atoms with E-state index < -0.39 is 11.8 Å². The number of benzene rings is 2. The Hall–Kier alpha value is -3.19. The zero-order valence-corrected chi connectivity index (χ0v) is 18.2. The molecular weight excluding hydrogens is 404 g/mol. The Labute approximate surface area is 188 Å². The van der Waals surface area contributed by atoms with E-state index in [1.807, 2.05) is 18.2 Å². The van der Waals surface area contributed by atoms with Gasteiger partial charge in [0.1, 0.15) is 0 Å². The number of anilines is 2. The molecule has 1 unspecified atom stereocenters. The third kappa shape index (κ3) is 6.17. The Bertz CT molecular complexity index is 941. The number of amides is 3. The number of carbonyl (C=O) groups is 3. The fraction of sp³-hybridized carbons (Fsp3) is 0.400. The average Bonchev–Trinajstić information content (AvgIpc) is 3.66. The molecule has 2 aliphatic rings. The highest BCUT2D eigenvalue weighted by Gasteiger charge is 2.29. The first-order valence-electron chi connectivity index (χ1n) is 11.4. The van der Waals surface area contributed by atoms with Gasteiger partial charge in [0.2, 0.25) is 5.91 Å². The van der Waals surface area contributed by atoms with Crippen LogP contribution in [0.15, 0.2) is 54.6 Å². The summed E-state index contributed by atoms with van der Waals surface area (Å²) in [5, 5.41) is 8.26. The fourth-order valence-corrected chi connectivity index (χ4v) is 4.02. The second-order valence-electron chi connectivity index (χ2n) is 8.61. The predicted octanol–water partition coefficient (Wildman–Crippen LogP) is 3.14. The van der Waals surface area contributed by atoms with Crippen LogP contribution in [-0.2, 0) is 20.9 Å². The highest BCUT2D eigenvalue weighted by Crippen LogP contribution is 2.30. The van der Waals surface area contributed by atoms with Crippen molar-refractivity contribution in [3.05, 3.63) is 60.2 Å². The molecule has 32 heavy (non-hydrogen) atoms. The molecule has 0 spiro atoms. The van der Waals surface area contributed by atoms with Crippen molar-refractivity contribution in [2.75, 3.05) is 23.7 Å². The number of rotatable bonds is 7. The molecule has 0 radical (unpaired) electrons. The average molecular weight is 435 g/mol. The maximum Gasteiger partial charge on any atom is 0.313 e. The van der Waals surface area contributed by atoms with Gasteiger partial charge < -0.3 is 16.0 Å². The first kappa shape index (κ1) is 22.0. The van der Waals surface area contributed by atoms with E-state index in [-0.39, 0.29) is 17.9 Å². The van der Waals surface area contributed by atoms with Crippen LogP contribution in [0, 0.1) is 5.92 Å². The minimum Gasteiger partial charge on any atom is -0.346 e. The summed E-state index contributed by atoms with van der Waals surface area (Å²) in [7, 11) is 0. The van der Waals surface area contributed by atoms with E-state index in [9.17, 15) is 14.4 Å². The molecule has 1 saturated heterocycles. The summed E-state index contributed by atoms with van der Waals surface area (Å²) >= 11 is 0. The van der Waals surface area contributed by atoms with Crippen LogP contribution in [0.2, 0.25) is 0 Å². The first-order valence-corrected chi connectivity index (χ1v) is 11.4. The Morgan fingerprint density at radius 1 is 0.812 bits per heavy atom. The number of nitrogens with zero attached hydrogens (tertiary/aromatic N) is 1. The van der Waals surface area contributed by atoms with Crippen LogP contribution in [0.5, 0.6) is 0 Å². The van der Waals surface area contributed by atoms with E-state index in [2.05, 4.69) is 33.0 Å². The van der Waals surface area contributed by atoms with E-state index in [0.717, 1.165) is 45.2 Å². The Balaban J connectivity index is 1.24. The molecule has 7 nitrogen and oxygen atoms in total. The van der Waals surface area contributed by atoms with Crippen molar-refractivity contribution in [1.29, 1.82) is 0 Å². The lowest BCUT2D eigenvalue weighted by Gasteiger charge is -2.35. The van der Waals surface area contributed by atoms with E-state index in [1.54, 1.807) is 24.3 Å². The maximum absolute atomic E-state index is 12.4. The van der Waals surface area contributed by atoms with Crippen LogP contribution in [0.4, 0.5) is 11.4 Å². The first-order chi connectivity index (χ1) is 15.6. The highest BCUT2D eigenvalue weighted by atomic mass is 16.2. The summed E-state index contributed by atoms with van der Waals surface area (Å²) in [5.74, 6) is -1.16. The SMILES string of the molecule is O=C(NCC1CCCCN1Cc1ccccc1)C(=O)Nc1ccc(NC(=O)C2CC2)cc1. The number of hydrogen-bond acceptors (Lipinski definition) is 4. The smallest absolute Gasteiger partial charge is 0.313 e. The highest BCUT2D eigenvalue weighted by molar-refractivity contribution is 6.39. The fourth-order valence-electron chi connectivity index (χ4n) is 4.02. The summed E-state index contributed by atoms with van der Waals surface area (Å²) in [6.07, 6.45) is 5.17. The number of carbonyl (C=O) groups excluding carboxylic acids is 3. The molecule has 1 heterocycles. The molecule has 0 aromatic heterocycles. The van der Waals surface area contributed by atoms with Gasteiger partial charge in [-0.3, -0.25) is 19.3 Å². The summed E-state index contributed by atoms with van der Waals surface area (Å²) in [6.45, 7) is 2.29. The molecule has 2 aromatic carbocycles. The second-order valence-corrected chi connectivity index (χ2v) is 8.61. The zero-order chi connectivity index (χ0) is 22.3. The molecule has 1 saturated carbocycles. The number of likely N-dealkylation sites (tertiary alicyclic amines) is 1. The number of piperidine rings is 1. The zero-order valence-electron chi connectivity index (χ0n) is 18.2. The van der Waals surface area contributed by atoms with Crippen molar-refractivity contribution in [3.8, 4) is 0 Å². The van der Waals surface area contributed by atoms with Crippen molar-refractivity contribution in [2.45, 2.75) is 44.7 Å². The van der Waals surface area contributed by atoms with Gasteiger partial charge in [-0.15, -0.1) is 0 Å². The van der Waals surface area contributed by atoms with Crippen molar-refractivity contribution in [2.24, 2.45) is 5.92 Å². The van der Waals surface area contributed by atoms with Gasteiger partial charge in [0.15, 0.2) is 0 Å². The van der Waals surface area contributed by atoms with E-state index >= 15 is 0 Å². The topological polar surface area (TPSA) is 90.5 Å². The van der Waals surface area contributed by atoms with Crippen LogP contribution in [0.3, 0.4) is 0 Å². The van der Waals surface area contributed by atoms with Crippen LogP contribution >= 0.6 is 0 Å². The molecule has 2 aromatic rings. The van der Waals surface area contributed by atoms with Crippen LogP contribution < -0.4 is 16.0 Å². The van der Waals surface area contributed by atoms with Gasteiger partial charge in [0.25, 0.3) is 0 Å². The molecule has 7 heteroatoms. The van der Waals surface area contributed by atoms with Crippen LogP contribution in [-0.4, -0.2) is 41.8 Å².